The summed E-state index contributed by atoms with van der Waals surface area (Å²) in [4.78, 5) is 30.3. The number of amides is 2. The van der Waals surface area contributed by atoms with Crippen LogP contribution in [-0.4, -0.2) is 22.8 Å². The van der Waals surface area contributed by atoms with E-state index in [2.05, 4.69) is 22.5 Å². The van der Waals surface area contributed by atoms with E-state index in [9.17, 15) is 9.59 Å². The van der Waals surface area contributed by atoms with E-state index in [1.807, 2.05) is 6.07 Å². The number of hydrogen-bond donors (Lipinski definition) is 2. The number of aryl methyl sites for hydroxylation is 1. The van der Waals surface area contributed by atoms with Gasteiger partial charge >= 0.3 is 0 Å². The number of nitrogens with zero attached hydrogens (tertiary/aromatic N) is 1. The summed E-state index contributed by atoms with van der Waals surface area (Å²) in [7, 11) is 0. The van der Waals surface area contributed by atoms with Gasteiger partial charge in [-0.05, 0) is 44.2 Å². The summed E-state index contributed by atoms with van der Waals surface area (Å²) in [5.74, 6) is 0.218. The zero-order chi connectivity index (χ0) is 17.8. The lowest BCUT2D eigenvalue weighted by molar-refractivity contribution is -0.117. The lowest BCUT2D eigenvalue weighted by Crippen LogP contribution is -2.41. The van der Waals surface area contributed by atoms with Crippen LogP contribution < -0.4 is 10.6 Å². The Labute approximate surface area is 151 Å². The SMILES string of the molecule is CCC1CCc2nc(NC(=O)C(C)NC(=O)c3ccccc3)sc2C1. The van der Waals surface area contributed by atoms with Gasteiger partial charge in [-0.1, -0.05) is 31.5 Å². The summed E-state index contributed by atoms with van der Waals surface area (Å²) in [6.07, 6.45) is 4.39. The fourth-order valence-electron chi connectivity index (χ4n) is 2.99. The second-order valence-electron chi connectivity index (χ2n) is 6.46. The molecule has 2 atom stereocenters. The van der Waals surface area contributed by atoms with Crippen LogP contribution in [0.1, 0.15) is 47.6 Å². The van der Waals surface area contributed by atoms with Gasteiger partial charge in [0.25, 0.3) is 5.91 Å². The number of aromatic nitrogens is 1. The maximum absolute atomic E-state index is 12.4. The van der Waals surface area contributed by atoms with Crippen molar-refractivity contribution in [1.82, 2.24) is 10.3 Å². The Kier molecular flexibility index (Phi) is 5.48. The molecular formula is C19H23N3O2S. The van der Waals surface area contributed by atoms with Crippen molar-refractivity contribution in [1.29, 1.82) is 0 Å². The standard InChI is InChI=1S/C19H23N3O2S/c1-3-13-9-10-15-16(11-13)25-19(21-15)22-17(23)12(2)20-18(24)14-7-5-4-6-8-14/h4-8,12-13H,3,9-11H2,1-2H3,(H,20,24)(H,21,22,23). The lowest BCUT2D eigenvalue weighted by atomic mass is 9.89. The van der Waals surface area contributed by atoms with E-state index in [0.29, 0.717) is 10.7 Å². The minimum Gasteiger partial charge on any atom is -0.341 e. The number of thiazole rings is 1. The molecule has 0 spiro atoms. The van der Waals surface area contributed by atoms with Crippen LogP contribution in [0.4, 0.5) is 5.13 Å². The molecule has 1 aromatic carbocycles. The first-order valence-electron chi connectivity index (χ1n) is 8.72. The average molecular weight is 357 g/mol. The zero-order valence-corrected chi connectivity index (χ0v) is 15.4. The molecular weight excluding hydrogens is 334 g/mol. The third-order valence-corrected chi connectivity index (χ3v) is 5.66. The van der Waals surface area contributed by atoms with Crippen molar-refractivity contribution < 1.29 is 9.59 Å². The minimum atomic E-state index is -0.628. The van der Waals surface area contributed by atoms with E-state index in [4.69, 9.17) is 0 Å². The van der Waals surface area contributed by atoms with Gasteiger partial charge < -0.3 is 10.6 Å². The largest absolute Gasteiger partial charge is 0.341 e. The maximum atomic E-state index is 12.4. The van der Waals surface area contributed by atoms with E-state index >= 15 is 0 Å². The third-order valence-electron chi connectivity index (χ3n) is 4.63. The van der Waals surface area contributed by atoms with Gasteiger partial charge in [0.05, 0.1) is 5.69 Å². The molecule has 25 heavy (non-hydrogen) atoms. The number of fused-ring (bicyclic) bond motifs is 1. The normalized spacial score (nSPS) is 17.4. The number of benzene rings is 1. The van der Waals surface area contributed by atoms with Crippen LogP contribution in [0.5, 0.6) is 0 Å². The number of rotatable bonds is 5. The lowest BCUT2D eigenvalue weighted by Gasteiger charge is -2.18. The second-order valence-corrected chi connectivity index (χ2v) is 7.54. The van der Waals surface area contributed by atoms with Gasteiger partial charge in [-0.15, -0.1) is 11.3 Å². The molecule has 5 nitrogen and oxygen atoms in total. The molecule has 0 fully saturated rings. The van der Waals surface area contributed by atoms with E-state index < -0.39 is 6.04 Å². The first-order valence-corrected chi connectivity index (χ1v) is 9.53. The van der Waals surface area contributed by atoms with E-state index in [1.54, 1.807) is 42.5 Å². The van der Waals surface area contributed by atoms with E-state index in [-0.39, 0.29) is 11.8 Å². The van der Waals surface area contributed by atoms with Crippen molar-refractivity contribution in [2.24, 2.45) is 5.92 Å². The van der Waals surface area contributed by atoms with Crippen molar-refractivity contribution in [3.8, 4) is 0 Å². The summed E-state index contributed by atoms with van der Waals surface area (Å²) in [5.41, 5.74) is 1.66. The number of anilines is 1. The minimum absolute atomic E-state index is 0.248. The summed E-state index contributed by atoms with van der Waals surface area (Å²) in [6.45, 7) is 3.90. The van der Waals surface area contributed by atoms with Gasteiger partial charge in [0.15, 0.2) is 5.13 Å². The van der Waals surface area contributed by atoms with E-state index in [1.165, 1.54) is 17.7 Å². The van der Waals surface area contributed by atoms with Gasteiger partial charge in [-0.25, -0.2) is 4.98 Å². The summed E-state index contributed by atoms with van der Waals surface area (Å²) < 4.78 is 0. The molecule has 2 N–H and O–H groups in total. The highest BCUT2D eigenvalue weighted by molar-refractivity contribution is 7.15. The Morgan fingerprint density at radius 3 is 2.80 bits per heavy atom. The quantitative estimate of drug-likeness (QED) is 0.861. The number of carbonyl (C=O) groups is 2. The molecule has 1 heterocycles. The third kappa shape index (κ3) is 4.25. The van der Waals surface area contributed by atoms with Crippen LogP contribution in [0, 0.1) is 5.92 Å². The van der Waals surface area contributed by atoms with Gasteiger partial charge in [0.2, 0.25) is 5.91 Å². The van der Waals surface area contributed by atoms with Crippen molar-refractivity contribution in [3.63, 3.8) is 0 Å². The summed E-state index contributed by atoms with van der Waals surface area (Å²) in [5, 5.41) is 6.19. The number of hydrogen-bond acceptors (Lipinski definition) is 4. The molecule has 2 amide bonds. The van der Waals surface area contributed by atoms with Crippen LogP contribution >= 0.6 is 11.3 Å². The smallest absolute Gasteiger partial charge is 0.251 e. The van der Waals surface area contributed by atoms with Gasteiger partial charge in [0, 0.05) is 10.4 Å². The Hall–Kier alpha value is -2.21. The Bertz CT molecular complexity index is 757. The van der Waals surface area contributed by atoms with Gasteiger partial charge in [-0.3, -0.25) is 9.59 Å². The predicted molar refractivity (Wildman–Crippen MR) is 99.9 cm³/mol. The fourth-order valence-corrected chi connectivity index (χ4v) is 4.12. The molecule has 1 aliphatic rings. The Morgan fingerprint density at radius 2 is 2.08 bits per heavy atom. The van der Waals surface area contributed by atoms with Crippen LogP contribution in [0.2, 0.25) is 0 Å². The Balaban J connectivity index is 1.59. The first kappa shape index (κ1) is 17.6. The molecule has 0 saturated carbocycles. The highest BCUT2D eigenvalue weighted by Gasteiger charge is 2.23. The molecule has 0 saturated heterocycles. The number of carbonyl (C=O) groups excluding carboxylic acids is 2. The highest BCUT2D eigenvalue weighted by Crippen LogP contribution is 2.33. The highest BCUT2D eigenvalue weighted by atomic mass is 32.1. The van der Waals surface area contributed by atoms with Crippen LogP contribution in [0.15, 0.2) is 30.3 Å². The molecule has 6 heteroatoms. The molecule has 2 aromatic rings. The zero-order valence-electron chi connectivity index (χ0n) is 14.5. The predicted octanol–water partition coefficient (Wildman–Crippen LogP) is 3.42. The van der Waals surface area contributed by atoms with Crippen molar-refractivity contribution in [2.45, 2.75) is 45.6 Å². The van der Waals surface area contributed by atoms with Crippen molar-refractivity contribution in [2.75, 3.05) is 5.32 Å². The molecule has 2 unspecified atom stereocenters. The summed E-state index contributed by atoms with van der Waals surface area (Å²) in [6, 6.07) is 8.25. The van der Waals surface area contributed by atoms with E-state index in [0.717, 1.165) is 24.5 Å². The van der Waals surface area contributed by atoms with Crippen LogP contribution in [0.25, 0.3) is 0 Å². The molecule has 0 bridgehead atoms. The van der Waals surface area contributed by atoms with Crippen LogP contribution in [-0.2, 0) is 17.6 Å². The average Bonchev–Trinajstić information content (AvgIpc) is 3.03. The number of nitrogens with one attached hydrogen (secondary N) is 2. The fraction of sp³-hybridized carbons (Fsp3) is 0.421. The van der Waals surface area contributed by atoms with Crippen molar-refractivity contribution >= 4 is 28.3 Å². The first-order chi connectivity index (χ1) is 12.1. The molecule has 0 radical (unpaired) electrons. The molecule has 0 aliphatic heterocycles. The maximum Gasteiger partial charge on any atom is 0.251 e. The second kappa shape index (κ2) is 7.78. The van der Waals surface area contributed by atoms with Gasteiger partial charge in [0.1, 0.15) is 6.04 Å². The topological polar surface area (TPSA) is 71.1 Å². The molecule has 1 aliphatic carbocycles. The van der Waals surface area contributed by atoms with Gasteiger partial charge in [-0.2, -0.15) is 0 Å². The molecule has 3 rings (SSSR count). The molecule has 1 aromatic heterocycles. The monoisotopic (exact) mass is 357 g/mol. The Morgan fingerprint density at radius 1 is 1.32 bits per heavy atom. The van der Waals surface area contributed by atoms with Crippen molar-refractivity contribution in [3.05, 3.63) is 46.5 Å². The van der Waals surface area contributed by atoms with Crippen LogP contribution in [0.3, 0.4) is 0 Å². The molecule has 132 valence electrons. The summed E-state index contributed by atoms with van der Waals surface area (Å²) >= 11 is 1.56.